The third kappa shape index (κ3) is 3.02. The Morgan fingerprint density at radius 2 is 1.87 bits per heavy atom. The van der Waals surface area contributed by atoms with Gasteiger partial charge in [0.1, 0.15) is 6.10 Å². The Balaban J connectivity index is 2.00. The van der Waals surface area contributed by atoms with Crippen LogP contribution in [-0.2, 0) is 14.3 Å². The highest BCUT2D eigenvalue weighted by molar-refractivity contribution is 5.91. The number of allylic oxidation sites excluding steroid dienone is 2. The van der Waals surface area contributed by atoms with E-state index in [1.165, 1.54) is 11.1 Å². The van der Waals surface area contributed by atoms with Crippen molar-refractivity contribution < 1.29 is 14.3 Å². The van der Waals surface area contributed by atoms with Crippen LogP contribution >= 0.6 is 0 Å². The second kappa shape index (κ2) is 5.92. The van der Waals surface area contributed by atoms with Crippen molar-refractivity contribution in [1.29, 1.82) is 0 Å². The van der Waals surface area contributed by atoms with Gasteiger partial charge in [0.25, 0.3) is 0 Å². The normalized spacial score (nSPS) is 38.6. The molecule has 23 heavy (non-hydrogen) atoms. The van der Waals surface area contributed by atoms with Gasteiger partial charge in [-0.05, 0) is 63.4 Å². The average Bonchev–Trinajstić information content (AvgIpc) is 2.80. The molecule has 3 rings (SSSR count). The van der Waals surface area contributed by atoms with Gasteiger partial charge in [-0.2, -0.15) is 0 Å². The van der Waals surface area contributed by atoms with Gasteiger partial charge in [0.15, 0.2) is 5.78 Å². The maximum absolute atomic E-state index is 12.2. The summed E-state index contributed by atoms with van der Waals surface area (Å²) < 4.78 is 5.83. The van der Waals surface area contributed by atoms with Crippen molar-refractivity contribution in [3.05, 3.63) is 22.8 Å². The molecule has 1 saturated carbocycles. The van der Waals surface area contributed by atoms with Crippen LogP contribution in [-0.4, -0.2) is 17.9 Å². The number of hydrogen-bond donors (Lipinski definition) is 0. The van der Waals surface area contributed by atoms with Gasteiger partial charge in [-0.25, -0.2) is 4.79 Å². The number of ether oxygens (including phenoxy) is 1. The van der Waals surface area contributed by atoms with Crippen molar-refractivity contribution in [3.8, 4) is 0 Å². The molecule has 0 aromatic rings. The molecule has 2 aliphatic carbocycles. The highest BCUT2D eigenvalue weighted by Crippen LogP contribution is 2.55. The zero-order valence-electron chi connectivity index (χ0n) is 14.8. The Morgan fingerprint density at radius 1 is 1.17 bits per heavy atom. The molecule has 3 nitrogen and oxygen atoms in total. The molecule has 0 bridgehead atoms. The van der Waals surface area contributed by atoms with Gasteiger partial charge >= 0.3 is 5.97 Å². The van der Waals surface area contributed by atoms with Crippen LogP contribution in [0.5, 0.6) is 0 Å². The molecule has 3 aliphatic rings. The Labute approximate surface area is 139 Å². The van der Waals surface area contributed by atoms with E-state index in [0.29, 0.717) is 12.3 Å². The fourth-order valence-electron chi connectivity index (χ4n) is 4.85. The molecule has 126 valence electrons. The van der Waals surface area contributed by atoms with Crippen molar-refractivity contribution >= 4 is 11.8 Å². The summed E-state index contributed by atoms with van der Waals surface area (Å²) in [6.07, 6.45) is 7.27. The van der Waals surface area contributed by atoms with Gasteiger partial charge < -0.3 is 4.74 Å². The molecule has 1 aliphatic heterocycles. The predicted molar refractivity (Wildman–Crippen MR) is 89.8 cm³/mol. The van der Waals surface area contributed by atoms with E-state index in [9.17, 15) is 9.59 Å². The summed E-state index contributed by atoms with van der Waals surface area (Å²) in [5.41, 5.74) is 3.52. The third-order valence-electron chi connectivity index (χ3n) is 6.19. The zero-order chi connectivity index (χ0) is 16.8. The summed E-state index contributed by atoms with van der Waals surface area (Å²) >= 11 is 0. The number of rotatable bonds is 0. The van der Waals surface area contributed by atoms with Crippen molar-refractivity contribution in [2.75, 3.05) is 0 Å². The lowest BCUT2D eigenvalue weighted by Crippen LogP contribution is -2.41. The first-order valence-corrected chi connectivity index (χ1v) is 8.91. The Kier molecular flexibility index (Phi) is 4.24. The molecule has 3 heteroatoms. The lowest BCUT2D eigenvalue weighted by Gasteiger charge is -2.40. The van der Waals surface area contributed by atoms with Crippen LogP contribution in [0, 0.1) is 17.3 Å². The molecule has 0 aromatic carbocycles. The Bertz CT molecular complexity index is 598. The molecule has 0 N–H and O–H groups in total. The topological polar surface area (TPSA) is 43.4 Å². The lowest BCUT2D eigenvalue weighted by molar-refractivity contribution is -0.152. The number of carbonyl (C=O) groups excluding carboxylic acids is 2. The monoisotopic (exact) mass is 316 g/mol. The maximum atomic E-state index is 12.2. The maximum Gasteiger partial charge on any atom is 0.333 e. The van der Waals surface area contributed by atoms with Gasteiger partial charge in [-0.3, -0.25) is 4.79 Å². The van der Waals surface area contributed by atoms with Crippen LogP contribution in [0.2, 0.25) is 0 Å². The summed E-state index contributed by atoms with van der Waals surface area (Å²) in [6.45, 7) is 8.44. The van der Waals surface area contributed by atoms with Crippen LogP contribution in [0.25, 0.3) is 0 Å². The van der Waals surface area contributed by atoms with E-state index in [4.69, 9.17) is 4.74 Å². The fourth-order valence-corrected chi connectivity index (χ4v) is 4.85. The molecule has 0 saturated heterocycles. The molecular formula is C20H28O3. The van der Waals surface area contributed by atoms with Crippen molar-refractivity contribution in [2.24, 2.45) is 17.3 Å². The largest absolute Gasteiger partial charge is 0.458 e. The highest BCUT2D eigenvalue weighted by Gasteiger charge is 2.50. The van der Waals surface area contributed by atoms with Gasteiger partial charge in [0.2, 0.25) is 0 Å². The van der Waals surface area contributed by atoms with E-state index in [-0.39, 0.29) is 29.2 Å². The molecule has 0 radical (unpaired) electrons. The molecule has 1 heterocycles. The van der Waals surface area contributed by atoms with Gasteiger partial charge in [-0.15, -0.1) is 0 Å². The van der Waals surface area contributed by atoms with Crippen LogP contribution in [0.4, 0.5) is 0 Å². The van der Waals surface area contributed by atoms with Crippen LogP contribution in [0.3, 0.4) is 0 Å². The molecular weight excluding hydrogens is 288 g/mol. The number of esters is 1. The zero-order valence-corrected chi connectivity index (χ0v) is 14.8. The predicted octanol–water partition coefficient (Wildman–Crippen LogP) is 4.37. The summed E-state index contributed by atoms with van der Waals surface area (Å²) in [4.78, 5) is 24.4. The SMILES string of the molecule is CC1=CC(=O)C[C@@H](C)C[C@H]2OC(=O)C(C)=C3CC[C@@](C)(CC1)[C@@H]32. The molecule has 0 unspecified atom stereocenters. The van der Waals surface area contributed by atoms with Crippen molar-refractivity contribution in [1.82, 2.24) is 0 Å². The van der Waals surface area contributed by atoms with E-state index < -0.39 is 0 Å². The van der Waals surface area contributed by atoms with E-state index in [2.05, 4.69) is 20.8 Å². The van der Waals surface area contributed by atoms with Crippen LogP contribution in [0.1, 0.15) is 66.2 Å². The number of hydrogen-bond acceptors (Lipinski definition) is 3. The van der Waals surface area contributed by atoms with Gasteiger partial charge in [0, 0.05) is 17.9 Å². The Hall–Kier alpha value is -1.38. The van der Waals surface area contributed by atoms with E-state index in [0.717, 1.165) is 37.7 Å². The van der Waals surface area contributed by atoms with E-state index >= 15 is 0 Å². The number of ketones is 1. The highest BCUT2D eigenvalue weighted by atomic mass is 16.5. The number of carbonyl (C=O) groups is 2. The smallest absolute Gasteiger partial charge is 0.333 e. The quantitative estimate of drug-likeness (QED) is 0.623. The molecule has 4 atom stereocenters. The van der Waals surface area contributed by atoms with Crippen molar-refractivity contribution in [2.45, 2.75) is 72.3 Å². The summed E-state index contributed by atoms with van der Waals surface area (Å²) in [5.74, 6) is 0.644. The van der Waals surface area contributed by atoms with E-state index in [1.807, 2.05) is 13.0 Å². The second-order valence-corrected chi connectivity index (χ2v) is 8.23. The van der Waals surface area contributed by atoms with Gasteiger partial charge in [0.05, 0.1) is 0 Å². The van der Waals surface area contributed by atoms with E-state index in [1.54, 1.807) is 0 Å². The fraction of sp³-hybridized carbons (Fsp3) is 0.700. The lowest BCUT2D eigenvalue weighted by atomic mass is 9.69. The molecule has 0 spiro atoms. The first kappa shape index (κ1) is 16.5. The standard InChI is InChI=1S/C20H28O3/c1-12-5-7-20(4)8-6-16-14(3)19(22)23-17(18(16)20)11-13(2)10-15(21)9-12/h9,13,17-18H,5-8,10-11H2,1-4H3/t13-,17-,18+,20-/m1/s1. The Morgan fingerprint density at radius 3 is 2.61 bits per heavy atom. The van der Waals surface area contributed by atoms with Crippen LogP contribution < -0.4 is 0 Å². The summed E-state index contributed by atoms with van der Waals surface area (Å²) in [7, 11) is 0. The van der Waals surface area contributed by atoms with Crippen LogP contribution in [0.15, 0.2) is 22.8 Å². The summed E-state index contributed by atoms with van der Waals surface area (Å²) in [6, 6.07) is 0. The first-order chi connectivity index (χ1) is 10.8. The van der Waals surface area contributed by atoms with Crippen molar-refractivity contribution in [3.63, 3.8) is 0 Å². The average molecular weight is 316 g/mol. The molecule has 0 amide bonds. The minimum absolute atomic E-state index is 0.0603. The molecule has 1 fully saturated rings. The third-order valence-corrected chi connectivity index (χ3v) is 6.19. The van der Waals surface area contributed by atoms with Gasteiger partial charge in [-0.1, -0.05) is 25.0 Å². The minimum Gasteiger partial charge on any atom is -0.458 e. The first-order valence-electron chi connectivity index (χ1n) is 8.91. The summed E-state index contributed by atoms with van der Waals surface area (Å²) in [5, 5.41) is 0. The minimum atomic E-state index is -0.145. The second-order valence-electron chi connectivity index (χ2n) is 8.23. The molecule has 0 aromatic heterocycles.